The Labute approximate surface area is 113 Å². The maximum Gasteiger partial charge on any atom is 0.412 e. The lowest BCUT2D eigenvalue weighted by Crippen LogP contribution is -2.27. The van der Waals surface area contributed by atoms with Crippen molar-refractivity contribution in [2.45, 2.75) is 32.8 Å². The van der Waals surface area contributed by atoms with E-state index in [9.17, 15) is 22.8 Å². The Kier molecular flexibility index (Phi) is 4.69. The summed E-state index contributed by atoms with van der Waals surface area (Å²) in [5.41, 5.74) is -1.92. The number of ketones is 1. The van der Waals surface area contributed by atoms with Crippen LogP contribution in [0.4, 0.5) is 23.7 Å². The van der Waals surface area contributed by atoms with Gasteiger partial charge in [-0.25, -0.2) is 22.9 Å². The van der Waals surface area contributed by atoms with E-state index in [4.69, 9.17) is 4.74 Å². The molecule has 1 amide bonds. The van der Waals surface area contributed by atoms with Gasteiger partial charge >= 0.3 is 12.5 Å². The van der Waals surface area contributed by atoms with Crippen molar-refractivity contribution in [3.63, 3.8) is 0 Å². The van der Waals surface area contributed by atoms with Crippen molar-refractivity contribution in [1.29, 1.82) is 0 Å². The third kappa shape index (κ3) is 4.52. The normalized spacial score (nSPS) is 11.3. The summed E-state index contributed by atoms with van der Waals surface area (Å²) in [6.07, 6.45) is -3.66. The maximum atomic E-state index is 13.4. The molecule has 0 saturated carbocycles. The van der Waals surface area contributed by atoms with E-state index in [1.165, 1.54) is 0 Å². The average Bonchev–Trinajstić information content (AvgIpc) is 2.28. The number of amides is 1. The molecule has 0 fully saturated rings. The number of Topliss-reactive ketones (excluding diaryl/α,β-unsaturated/α-hetero) is 1. The molecule has 20 heavy (non-hydrogen) atoms. The van der Waals surface area contributed by atoms with Gasteiger partial charge in [-0.2, -0.15) is 0 Å². The Morgan fingerprint density at radius 2 is 1.95 bits per heavy atom. The number of aromatic nitrogens is 1. The quantitative estimate of drug-likeness (QED) is 0.869. The highest BCUT2D eigenvalue weighted by Crippen LogP contribution is 2.17. The number of nitrogens with zero attached hydrogens (tertiary/aromatic N) is 1. The predicted molar refractivity (Wildman–Crippen MR) is 64.4 cm³/mol. The maximum absolute atomic E-state index is 13.4. The molecule has 1 aromatic rings. The summed E-state index contributed by atoms with van der Waals surface area (Å²) in [5.74, 6) is -2.53. The Morgan fingerprint density at radius 1 is 1.35 bits per heavy atom. The molecule has 0 spiro atoms. The highest BCUT2D eigenvalue weighted by molar-refractivity contribution is 5.98. The van der Waals surface area contributed by atoms with Crippen molar-refractivity contribution in [3.05, 3.63) is 23.8 Å². The topological polar surface area (TPSA) is 68.3 Å². The van der Waals surface area contributed by atoms with Gasteiger partial charge in [0.05, 0.1) is 11.9 Å². The Hall–Kier alpha value is -2.12. The van der Waals surface area contributed by atoms with Gasteiger partial charge in [0.15, 0.2) is 5.82 Å². The van der Waals surface area contributed by atoms with Gasteiger partial charge in [-0.05, 0) is 26.8 Å². The first kappa shape index (κ1) is 15.9. The van der Waals surface area contributed by atoms with Crippen molar-refractivity contribution in [2.24, 2.45) is 0 Å². The van der Waals surface area contributed by atoms with E-state index in [0.29, 0.717) is 6.20 Å². The number of halogens is 3. The molecule has 0 radical (unpaired) electrons. The van der Waals surface area contributed by atoms with Crippen LogP contribution < -0.4 is 5.32 Å². The van der Waals surface area contributed by atoms with Crippen molar-refractivity contribution in [1.82, 2.24) is 4.98 Å². The van der Waals surface area contributed by atoms with Gasteiger partial charge < -0.3 is 4.74 Å². The summed E-state index contributed by atoms with van der Waals surface area (Å²) in [6, 6.07) is 0.730. The van der Waals surface area contributed by atoms with Crippen LogP contribution in [0.15, 0.2) is 12.3 Å². The summed E-state index contributed by atoms with van der Waals surface area (Å²) >= 11 is 0. The number of anilines is 1. The lowest BCUT2D eigenvalue weighted by atomic mass is 10.2. The molecule has 1 heterocycles. The number of alkyl halides is 2. The number of nitrogens with one attached hydrogen (secondary N) is 1. The first-order valence-electron chi connectivity index (χ1n) is 5.58. The standard InChI is InChI=1S/C12H13F3N2O3/c1-12(2,3)20-11(19)17-7-4-8(9(18)10(14)15)16-5-6(7)13/h4-5,10H,1-3H3,(H,16,17,19). The summed E-state index contributed by atoms with van der Waals surface area (Å²) in [5, 5.41) is 2.03. The van der Waals surface area contributed by atoms with Gasteiger partial charge in [0.25, 0.3) is 0 Å². The molecule has 0 aliphatic carbocycles. The monoisotopic (exact) mass is 290 g/mol. The van der Waals surface area contributed by atoms with Gasteiger partial charge in [0.2, 0.25) is 5.78 Å². The summed E-state index contributed by atoms with van der Waals surface area (Å²) in [7, 11) is 0. The van der Waals surface area contributed by atoms with Crippen LogP contribution >= 0.6 is 0 Å². The van der Waals surface area contributed by atoms with Crippen molar-refractivity contribution in [2.75, 3.05) is 5.32 Å². The zero-order chi connectivity index (χ0) is 15.5. The fourth-order valence-electron chi connectivity index (χ4n) is 1.19. The number of pyridine rings is 1. The molecular weight excluding hydrogens is 277 g/mol. The molecule has 0 atom stereocenters. The molecule has 1 N–H and O–H groups in total. The van der Waals surface area contributed by atoms with Crippen LogP contribution in [0, 0.1) is 5.82 Å². The van der Waals surface area contributed by atoms with Crippen molar-refractivity contribution in [3.8, 4) is 0 Å². The Bertz CT molecular complexity index is 527. The van der Waals surface area contributed by atoms with Crippen LogP contribution in [0.2, 0.25) is 0 Å². The minimum Gasteiger partial charge on any atom is -0.444 e. The Morgan fingerprint density at radius 3 is 2.45 bits per heavy atom. The number of hydrogen-bond acceptors (Lipinski definition) is 4. The van der Waals surface area contributed by atoms with E-state index in [-0.39, 0.29) is 0 Å². The van der Waals surface area contributed by atoms with Crippen LogP contribution in [-0.4, -0.2) is 28.9 Å². The summed E-state index contributed by atoms with van der Waals surface area (Å²) in [6.45, 7) is 4.80. The minimum absolute atomic E-state index is 0.460. The first-order valence-corrected chi connectivity index (χ1v) is 5.58. The second-order valence-corrected chi connectivity index (χ2v) is 4.84. The van der Waals surface area contributed by atoms with Gasteiger partial charge in [-0.15, -0.1) is 0 Å². The number of ether oxygens (including phenoxy) is 1. The minimum atomic E-state index is -3.26. The SMILES string of the molecule is CC(C)(C)OC(=O)Nc1cc(C(=O)C(F)F)ncc1F. The molecule has 8 heteroatoms. The molecule has 0 aliphatic rings. The molecule has 0 aliphatic heterocycles. The van der Waals surface area contributed by atoms with E-state index in [0.717, 1.165) is 6.07 Å². The van der Waals surface area contributed by atoms with Crippen LogP contribution in [-0.2, 0) is 4.74 Å². The average molecular weight is 290 g/mol. The first-order chi connectivity index (χ1) is 9.10. The summed E-state index contributed by atoms with van der Waals surface area (Å²) in [4.78, 5) is 25.7. The molecular formula is C12H13F3N2O3. The smallest absolute Gasteiger partial charge is 0.412 e. The number of rotatable bonds is 3. The van der Waals surface area contributed by atoms with Gasteiger partial charge in [-0.3, -0.25) is 10.1 Å². The Balaban J connectivity index is 2.93. The number of carbonyl (C=O) groups excluding carboxylic acids is 2. The molecule has 0 saturated heterocycles. The highest BCUT2D eigenvalue weighted by atomic mass is 19.3. The fraction of sp³-hybridized carbons (Fsp3) is 0.417. The van der Waals surface area contributed by atoms with Crippen LogP contribution in [0.1, 0.15) is 31.3 Å². The summed E-state index contributed by atoms with van der Waals surface area (Å²) < 4.78 is 42.7. The van der Waals surface area contributed by atoms with Crippen LogP contribution in [0.3, 0.4) is 0 Å². The van der Waals surface area contributed by atoms with E-state index >= 15 is 0 Å². The molecule has 5 nitrogen and oxygen atoms in total. The van der Waals surface area contributed by atoms with Crippen molar-refractivity contribution < 1.29 is 27.5 Å². The van der Waals surface area contributed by atoms with E-state index < -0.39 is 41.1 Å². The third-order valence-corrected chi connectivity index (χ3v) is 1.94. The number of carbonyl (C=O) groups is 2. The van der Waals surface area contributed by atoms with Crippen LogP contribution in [0.5, 0.6) is 0 Å². The molecule has 0 bridgehead atoms. The largest absolute Gasteiger partial charge is 0.444 e. The van der Waals surface area contributed by atoms with Gasteiger partial charge in [-0.1, -0.05) is 0 Å². The second-order valence-electron chi connectivity index (χ2n) is 4.84. The zero-order valence-electron chi connectivity index (χ0n) is 11.0. The van der Waals surface area contributed by atoms with Gasteiger partial charge in [0.1, 0.15) is 11.3 Å². The van der Waals surface area contributed by atoms with E-state index in [2.05, 4.69) is 4.98 Å². The lowest BCUT2D eigenvalue weighted by Gasteiger charge is -2.19. The molecule has 1 rings (SSSR count). The second kappa shape index (κ2) is 5.89. The van der Waals surface area contributed by atoms with Gasteiger partial charge in [0, 0.05) is 0 Å². The zero-order valence-corrected chi connectivity index (χ0v) is 11.0. The number of hydrogen-bond donors (Lipinski definition) is 1. The fourth-order valence-corrected chi connectivity index (χ4v) is 1.19. The molecule has 110 valence electrons. The van der Waals surface area contributed by atoms with E-state index in [1.54, 1.807) is 20.8 Å². The van der Waals surface area contributed by atoms with E-state index in [1.807, 2.05) is 5.32 Å². The predicted octanol–water partition coefficient (Wildman–Crippen LogP) is 3.02. The highest BCUT2D eigenvalue weighted by Gasteiger charge is 2.22. The lowest BCUT2D eigenvalue weighted by molar-refractivity contribution is 0.0633. The molecule has 0 unspecified atom stereocenters. The molecule has 1 aromatic heterocycles. The molecule has 0 aromatic carbocycles. The van der Waals surface area contributed by atoms with Crippen molar-refractivity contribution >= 4 is 17.6 Å². The third-order valence-electron chi connectivity index (χ3n) is 1.94. The van der Waals surface area contributed by atoms with Crippen LogP contribution in [0.25, 0.3) is 0 Å².